The van der Waals surface area contributed by atoms with Crippen molar-refractivity contribution < 1.29 is 27.2 Å². The molecule has 4 aliphatic rings. The van der Waals surface area contributed by atoms with E-state index in [0.717, 1.165) is 71.5 Å². The fourth-order valence-electron chi connectivity index (χ4n) is 10.7. The van der Waals surface area contributed by atoms with Crippen molar-refractivity contribution in [3.8, 4) is 0 Å². The lowest BCUT2D eigenvalue weighted by Gasteiger charge is -2.63. The number of fused-ring (bicyclic) bond motifs is 5. The molecule has 266 valence electrons. The summed E-state index contributed by atoms with van der Waals surface area (Å²) in [5.74, 6) is 0.591. The summed E-state index contributed by atoms with van der Waals surface area (Å²) in [7, 11) is -2.32. The Labute approximate surface area is 287 Å². The average molecular weight is 690 g/mol. The third-order valence-corrected chi connectivity index (χ3v) is 13.9. The molecule has 0 aliphatic heterocycles. The van der Waals surface area contributed by atoms with Crippen molar-refractivity contribution in [1.82, 2.24) is 10.6 Å². The summed E-state index contributed by atoms with van der Waals surface area (Å²) in [6.07, 6.45) is 11.5. The Kier molecular flexibility index (Phi) is 12.0. The quantitative estimate of drug-likeness (QED) is 0.0334. The monoisotopic (exact) mass is 689 g/mol. The second-order valence-corrected chi connectivity index (χ2v) is 16.9. The smallest absolute Gasteiger partial charge is 0.362 e. The van der Waals surface area contributed by atoms with Gasteiger partial charge in [-0.2, -0.15) is 8.42 Å². The summed E-state index contributed by atoms with van der Waals surface area (Å²) in [5.41, 5.74) is 8.76. The van der Waals surface area contributed by atoms with Crippen LogP contribution < -0.4 is 10.6 Å². The third kappa shape index (κ3) is 9.18. The van der Waals surface area contributed by atoms with E-state index >= 15 is 0 Å². The first-order chi connectivity index (χ1) is 23.4. The minimum atomic E-state index is -4.92. The maximum Gasteiger partial charge on any atom is 0.397 e. The van der Waals surface area contributed by atoms with Crippen LogP contribution in [0.15, 0.2) is 5.11 Å². The van der Waals surface area contributed by atoms with Gasteiger partial charge in [0.2, 0.25) is 0 Å². The molecule has 0 radical (unpaired) electrons. The molecule has 4 aliphatic carbocycles. The van der Waals surface area contributed by atoms with Gasteiger partial charge in [-0.3, -0.25) is 4.55 Å². The number of unbranched alkanes of at least 4 members (excludes halogenated alkanes) is 1. The molecular weight excluding hydrogens is 621 g/mol. The minimum absolute atomic E-state index is 0.0611. The topological polar surface area (TPSA) is 146 Å². The predicted molar refractivity (Wildman–Crippen MR) is 187 cm³/mol. The molecule has 4 rings (SSSR count). The van der Waals surface area contributed by atoms with E-state index in [1.807, 2.05) is 0 Å². The van der Waals surface area contributed by atoms with E-state index in [2.05, 4.69) is 50.9 Å². The number of hydrogen-bond donors (Lipinski definition) is 3. The van der Waals surface area contributed by atoms with Crippen molar-refractivity contribution in [2.75, 3.05) is 26.2 Å². The fraction of sp³-hybridized carbons (Fsp3) is 1.00. The minimum Gasteiger partial charge on any atom is -0.362 e. The summed E-state index contributed by atoms with van der Waals surface area (Å²) in [6, 6.07) is 0.536. The third-order valence-electron chi connectivity index (χ3n) is 13.1. The highest BCUT2D eigenvalue weighted by molar-refractivity contribution is 7.80. The van der Waals surface area contributed by atoms with Crippen molar-refractivity contribution in [2.45, 2.75) is 136 Å². The van der Waals surface area contributed by atoms with Gasteiger partial charge in [-0.1, -0.05) is 39.7 Å². The molecule has 0 heterocycles. The first-order valence-corrected chi connectivity index (χ1v) is 19.7. The van der Waals surface area contributed by atoms with Gasteiger partial charge in [-0.25, -0.2) is 4.18 Å². The standard InChI is InChI=1S/C34H64N5O5PS/c1-23(2)30(44-46(40,41)42)12-9-24(3)27-10-11-28-32-29(14-16-34(27,28)5)33(4)15-13-26(21-25(33)22-31(32)43-45)37-19-8-18-36-17-6-7-20-38-39-35/h23-32,36-37H,6-22,45H2,1-5H3,(H,40,41,42)/t24-,25-,26+,27-,28?,29?,30?,31-,32?,33+,34-/m1/s1/i1D3,23D/t23?,24-,25-,26+,27-,28?,29?,30?,31-,32?,33+,34-. The zero-order chi connectivity index (χ0) is 37.0. The maximum atomic E-state index is 11.7. The molecule has 3 N–H and O–H groups in total. The second-order valence-electron chi connectivity index (χ2n) is 15.6. The molecule has 0 saturated heterocycles. The Balaban J connectivity index is 1.34. The maximum absolute atomic E-state index is 11.7. The zero-order valence-corrected chi connectivity index (χ0v) is 30.6. The Morgan fingerprint density at radius 3 is 2.52 bits per heavy atom. The van der Waals surface area contributed by atoms with Crippen LogP contribution in [-0.2, 0) is 19.1 Å². The van der Waals surface area contributed by atoms with Crippen LogP contribution in [0.2, 0.25) is 0 Å². The van der Waals surface area contributed by atoms with Crippen LogP contribution in [0, 0.1) is 52.2 Å². The Hall–Kier alpha value is -0.510. The number of nitrogens with one attached hydrogen (secondary N) is 2. The first-order valence-electron chi connectivity index (χ1n) is 19.8. The molecule has 4 fully saturated rings. The van der Waals surface area contributed by atoms with Crippen LogP contribution >= 0.6 is 9.47 Å². The fourth-order valence-corrected chi connectivity index (χ4v) is 11.5. The average Bonchev–Trinajstić information content (AvgIpc) is 3.39. The first kappa shape index (κ1) is 32.7. The zero-order valence-electron chi connectivity index (χ0n) is 32.6. The molecule has 10 nitrogen and oxygen atoms in total. The molecule has 0 aromatic heterocycles. The molecule has 4 saturated carbocycles. The SMILES string of the molecule is [2H]C([2H])([2H])C([2H])(C)C(CC[C@@H](C)[C@H]1CCC2C3C(CC[C@@]21C)[C@@]1(C)CC[C@H](NCCCNCCCCN=[N+]=[N-])C[C@@H]1C[C@H]3OP)OS(=O)(=O)O. The van der Waals surface area contributed by atoms with Crippen molar-refractivity contribution in [1.29, 1.82) is 0 Å². The molecule has 0 aromatic rings. The van der Waals surface area contributed by atoms with Crippen molar-refractivity contribution in [2.24, 2.45) is 57.3 Å². The lowest BCUT2D eigenvalue weighted by Crippen LogP contribution is -2.59. The van der Waals surface area contributed by atoms with Gasteiger partial charge < -0.3 is 15.2 Å². The molecule has 0 aromatic carbocycles. The molecule has 0 bridgehead atoms. The normalized spacial score (nSPS) is 40.0. The van der Waals surface area contributed by atoms with Gasteiger partial charge >= 0.3 is 10.4 Å². The molecule has 0 amide bonds. The number of hydrogen-bond acceptors (Lipinski definition) is 7. The van der Waals surface area contributed by atoms with Gasteiger partial charge in [0.25, 0.3) is 0 Å². The largest absolute Gasteiger partial charge is 0.397 e. The summed E-state index contributed by atoms with van der Waals surface area (Å²) in [4.78, 5) is 2.80. The summed E-state index contributed by atoms with van der Waals surface area (Å²) in [6.45, 7) is 9.08. The summed E-state index contributed by atoms with van der Waals surface area (Å²) >= 11 is 0. The highest BCUT2D eigenvalue weighted by atomic mass is 32.3. The molecule has 0 spiro atoms. The van der Waals surface area contributed by atoms with Gasteiger partial charge in [0.1, 0.15) is 0 Å². The van der Waals surface area contributed by atoms with Gasteiger partial charge in [0.05, 0.1) is 12.2 Å². The predicted octanol–water partition coefficient (Wildman–Crippen LogP) is 7.72. The molecule has 12 heteroatoms. The molecular formula is C34H64N5O5PS. The Morgan fingerprint density at radius 1 is 1.07 bits per heavy atom. The van der Waals surface area contributed by atoms with Crippen LogP contribution in [0.1, 0.15) is 124 Å². The van der Waals surface area contributed by atoms with Gasteiger partial charge in [-0.15, -0.1) is 0 Å². The van der Waals surface area contributed by atoms with Crippen LogP contribution in [0.25, 0.3) is 10.4 Å². The Morgan fingerprint density at radius 2 is 1.80 bits per heavy atom. The number of azide groups is 1. The van der Waals surface area contributed by atoms with Crippen LogP contribution in [0.5, 0.6) is 0 Å². The second kappa shape index (κ2) is 16.9. The van der Waals surface area contributed by atoms with E-state index in [0.29, 0.717) is 54.0 Å². The van der Waals surface area contributed by atoms with Crippen molar-refractivity contribution in [3.05, 3.63) is 10.4 Å². The van der Waals surface area contributed by atoms with Crippen LogP contribution in [0.3, 0.4) is 0 Å². The highest BCUT2D eigenvalue weighted by Gasteiger charge is 2.63. The van der Waals surface area contributed by atoms with Gasteiger partial charge in [-0.05, 0) is 161 Å². The lowest BCUT2D eigenvalue weighted by atomic mass is 9.43. The van der Waals surface area contributed by atoms with E-state index in [-0.39, 0.29) is 23.9 Å². The van der Waals surface area contributed by atoms with E-state index in [4.69, 9.17) is 19.7 Å². The van der Waals surface area contributed by atoms with Crippen molar-refractivity contribution in [3.63, 3.8) is 0 Å². The van der Waals surface area contributed by atoms with E-state index in [1.54, 1.807) is 0 Å². The van der Waals surface area contributed by atoms with Gasteiger partial charge in [0, 0.05) is 32.4 Å². The van der Waals surface area contributed by atoms with E-state index in [9.17, 15) is 13.0 Å². The molecule has 46 heavy (non-hydrogen) atoms. The van der Waals surface area contributed by atoms with Gasteiger partial charge in [0.15, 0.2) is 0 Å². The highest BCUT2D eigenvalue weighted by Crippen LogP contribution is 2.69. The number of nitrogens with zero attached hydrogens (tertiary/aromatic N) is 3. The Bertz CT molecular complexity index is 1280. The lowest BCUT2D eigenvalue weighted by molar-refractivity contribution is -0.157. The van der Waals surface area contributed by atoms with Crippen LogP contribution in [-0.4, -0.2) is 57.4 Å². The molecule has 13 atom stereocenters. The summed E-state index contributed by atoms with van der Waals surface area (Å²) < 4.78 is 75.8. The van der Waals surface area contributed by atoms with E-state index in [1.165, 1.54) is 25.7 Å². The summed E-state index contributed by atoms with van der Waals surface area (Å²) in [5, 5.41) is 11.0. The number of rotatable bonds is 18. The molecule has 6 unspecified atom stereocenters. The van der Waals surface area contributed by atoms with Crippen LogP contribution in [0.4, 0.5) is 0 Å². The van der Waals surface area contributed by atoms with Crippen molar-refractivity contribution >= 4 is 19.9 Å². The van der Waals surface area contributed by atoms with E-state index < -0.39 is 29.2 Å².